The number of para-hydroxylation sites is 1. The van der Waals surface area contributed by atoms with E-state index in [1.807, 2.05) is 77.1 Å². The summed E-state index contributed by atoms with van der Waals surface area (Å²) in [5.74, 6) is 1.71. The van der Waals surface area contributed by atoms with E-state index in [0.29, 0.717) is 24.8 Å². The minimum Gasteiger partial charge on any atom is -0.467 e. The van der Waals surface area contributed by atoms with Gasteiger partial charge < -0.3 is 14.2 Å². The molecule has 1 atom stereocenters. The molecule has 0 N–H and O–H groups in total. The van der Waals surface area contributed by atoms with Crippen LogP contribution in [0, 0.1) is 0 Å². The van der Waals surface area contributed by atoms with Crippen LogP contribution >= 0.6 is 11.8 Å². The Bertz CT molecular complexity index is 1200. The molecule has 1 saturated heterocycles. The van der Waals surface area contributed by atoms with Gasteiger partial charge in [-0.15, -0.1) is 10.2 Å². The van der Waals surface area contributed by atoms with E-state index in [4.69, 9.17) is 4.42 Å². The second-order valence-electron chi connectivity index (χ2n) is 8.25. The summed E-state index contributed by atoms with van der Waals surface area (Å²) in [5.41, 5.74) is 2.18. The molecule has 7 nitrogen and oxygen atoms in total. The number of thioether (sulfide) groups is 1. The number of carbonyl (C=O) groups is 1. The Morgan fingerprint density at radius 2 is 1.65 bits per heavy atom. The van der Waals surface area contributed by atoms with Gasteiger partial charge in [-0.1, -0.05) is 60.3 Å². The number of hydrogen-bond acceptors (Lipinski definition) is 6. The molecule has 1 fully saturated rings. The number of furan rings is 1. The fourth-order valence-electron chi connectivity index (χ4n) is 4.17. The number of carbonyl (C=O) groups excluding carboxylic acids is 1. The molecule has 5 rings (SSSR count). The summed E-state index contributed by atoms with van der Waals surface area (Å²) in [7, 11) is 0. The lowest BCUT2D eigenvalue weighted by molar-refractivity contribution is -0.130. The second-order valence-corrected chi connectivity index (χ2v) is 9.55. The lowest BCUT2D eigenvalue weighted by Gasteiger charge is -2.37. The number of benzene rings is 2. The van der Waals surface area contributed by atoms with Crippen LogP contribution in [0.3, 0.4) is 0 Å². The van der Waals surface area contributed by atoms with Gasteiger partial charge in [0.1, 0.15) is 5.76 Å². The van der Waals surface area contributed by atoms with Crippen molar-refractivity contribution in [2.45, 2.75) is 23.9 Å². The largest absolute Gasteiger partial charge is 0.467 e. The molecule has 0 spiro atoms. The average molecular weight is 474 g/mol. The van der Waals surface area contributed by atoms with Crippen molar-refractivity contribution >= 4 is 23.4 Å². The molecule has 0 radical (unpaired) electrons. The number of hydrogen-bond donors (Lipinski definition) is 0. The van der Waals surface area contributed by atoms with Crippen LogP contribution in [0.25, 0.3) is 11.4 Å². The first-order valence-electron chi connectivity index (χ1n) is 11.5. The second kappa shape index (κ2) is 10.2. The molecule has 174 valence electrons. The zero-order valence-corrected chi connectivity index (χ0v) is 19.9. The molecule has 2 aromatic heterocycles. The van der Waals surface area contributed by atoms with Crippen LogP contribution in [0.15, 0.2) is 88.6 Å². The van der Waals surface area contributed by atoms with E-state index in [0.717, 1.165) is 30.2 Å². The summed E-state index contributed by atoms with van der Waals surface area (Å²) >= 11 is 1.45. The van der Waals surface area contributed by atoms with Crippen molar-refractivity contribution < 1.29 is 9.21 Å². The van der Waals surface area contributed by atoms with E-state index in [-0.39, 0.29) is 11.2 Å². The van der Waals surface area contributed by atoms with Crippen molar-refractivity contribution in [3.8, 4) is 11.4 Å². The SMILES string of the molecule is C[C@@H](Sc1nnc(-c2ccccc2)n1Cc1ccco1)C(=O)N1CCN(c2ccccc2)CC1. The van der Waals surface area contributed by atoms with E-state index in [2.05, 4.69) is 27.2 Å². The number of nitrogens with zero attached hydrogens (tertiary/aromatic N) is 5. The van der Waals surface area contributed by atoms with Gasteiger partial charge >= 0.3 is 0 Å². The third kappa shape index (κ3) is 4.87. The van der Waals surface area contributed by atoms with E-state index >= 15 is 0 Å². The van der Waals surface area contributed by atoms with Gasteiger partial charge in [0.25, 0.3) is 0 Å². The first-order valence-corrected chi connectivity index (χ1v) is 12.3. The van der Waals surface area contributed by atoms with Crippen LogP contribution in [0.4, 0.5) is 5.69 Å². The molecule has 34 heavy (non-hydrogen) atoms. The molecule has 1 aliphatic rings. The van der Waals surface area contributed by atoms with Crippen LogP contribution in [0.5, 0.6) is 0 Å². The molecule has 8 heteroatoms. The molecular formula is C26H27N5O2S. The van der Waals surface area contributed by atoms with Crippen LogP contribution in [-0.2, 0) is 11.3 Å². The van der Waals surface area contributed by atoms with Gasteiger partial charge in [-0.05, 0) is 31.2 Å². The van der Waals surface area contributed by atoms with Gasteiger partial charge in [0.05, 0.1) is 18.1 Å². The number of aromatic nitrogens is 3. The summed E-state index contributed by atoms with van der Waals surface area (Å²) in [6, 6.07) is 24.1. The summed E-state index contributed by atoms with van der Waals surface area (Å²) in [5, 5.41) is 9.34. The van der Waals surface area contributed by atoms with Crippen molar-refractivity contribution in [1.29, 1.82) is 0 Å². The highest BCUT2D eigenvalue weighted by Crippen LogP contribution is 2.29. The Hall–Kier alpha value is -3.52. The number of rotatable bonds is 7. The van der Waals surface area contributed by atoms with Crippen molar-refractivity contribution in [3.63, 3.8) is 0 Å². The third-order valence-corrected chi connectivity index (χ3v) is 7.05. The molecule has 0 unspecified atom stereocenters. The lowest BCUT2D eigenvalue weighted by atomic mass is 10.2. The van der Waals surface area contributed by atoms with Crippen LogP contribution in [0.2, 0.25) is 0 Å². The molecule has 1 amide bonds. The molecule has 2 aromatic carbocycles. The highest BCUT2D eigenvalue weighted by atomic mass is 32.2. The highest BCUT2D eigenvalue weighted by molar-refractivity contribution is 8.00. The van der Waals surface area contributed by atoms with E-state index in [1.54, 1.807) is 6.26 Å². The van der Waals surface area contributed by atoms with Gasteiger partial charge in [0.15, 0.2) is 11.0 Å². The summed E-state index contributed by atoms with van der Waals surface area (Å²) in [6.45, 7) is 5.55. The monoisotopic (exact) mass is 473 g/mol. The van der Waals surface area contributed by atoms with Crippen LogP contribution in [0.1, 0.15) is 12.7 Å². The van der Waals surface area contributed by atoms with E-state index in [9.17, 15) is 4.79 Å². The predicted octanol–water partition coefficient (Wildman–Crippen LogP) is 4.42. The average Bonchev–Trinajstić information content (AvgIpc) is 3.55. The van der Waals surface area contributed by atoms with E-state index < -0.39 is 0 Å². The predicted molar refractivity (Wildman–Crippen MR) is 134 cm³/mol. The van der Waals surface area contributed by atoms with Crippen LogP contribution in [-0.4, -0.2) is 57.0 Å². The first kappa shape index (κ1) is 22.3. The van der Waals surface area contributed by atoms with Crippen molar-refractivity contribution in [1.82, 2.24) is 19.7 Å². The Morgan fingerprint density at radius 1 is 0.941 bits per heavy atom. The molecule has 3 heterocycles. The fraction of sp³-hybridized carbons (Fsp3) is 0.269. The van der Waals surface area contributed by atoms with Crippen molar-refractivity contribution in [2.75, 3.05) is 31.1 Å². The maximum Gasteiger partial charge on any atom is 0.236 e. The first-order chi connectivity index (χ1) is 16.7. The third-order valence-electron chi connectivity index (χ3n) is 5.99. The standard InChI is InChI=1S/C26H27N5O2S/c1-20(25(32)30-16-14-29(15-17-30)22-11-6-3-7-12-22)34-26-28-27-24(21-9-4-2-5-10-21)31(26)19-23-13-8-18-33-23/h2-13,18,20H,14-17,19H2,1H3/t20-/m1/s1. The zero-order valence-electron chi connectivity index (χ0n) is 19.1. The van der Waals surface area contributed by atoms with Gasteiger partial charge in [0, 0.05) is 37.4 Å². The molecule has 0 saturated carbocycles. The summed E-state index contributed by atoms with van der Waals surface area (Å²) < 4.78 is 7.61. The molecular weight excluding hydrogens is 446 g/mol. The van der Waals surface area contributed by atoms with Gasteiger partial charge in [-0.2, -0.15) is 0 Å². The topological polar surface area (TPSA) is 67.4 Å². The Labute approximate surface area is 203 Å². The van der Waals surface area contributed by atoms with Crippen LogP contribution < -0.4 is 4.90 Å². The van der Waals surface area contributed by atoms with Crippen molar-refractivity contribution in [2.24, 2.45) is 0 Å². The van der Waals surface area contributed by atoms with Gasteiger partial charge in [-0.25, -0.2) is 0 Å². The normalized spacial score (nSPS) is 14.9. The Kier molecular flexibility index (Phi) is 6.67. The number of piperazine rings is 1. The lowest BCUT2D eigenvalue weighted by Crippen LogP contribution is -2.50. The maximum absolute atomic E-state index is 13.3. The Morgan fingerprint density at radius 3 is 2.32 bits per heavy atom. The minimum atomic E-state index is -0.272. The summed E-state index contributed by atoms with van der Waals surface area (Å²) in [6.07, 6.45) is 1.66. The number of amides is 1. The maximum atomic E-state index is 13.3. The minimum absolute atomic E-state index is 0.131. The molecule has 4 aromatic rings. The highest BCUT2D eigenvalue weighted by Gasteiger charge is 2.27. The molecule has 0 bridgehead atoms. The quantitative estimate of drug-likeness (QED) is 0.370. The van der Waals surface area contributed by atoms with Crippen molar-refractivity contribution in [3.05, 3.63) is 84.8 Å². The van der Waals surface area contributed by atoms with E-state index in [1.165, 1.54) is 17.4 Å². The molecule has 1 aliphatic heterocycles. The van der Waals surface area contributed by atoms with Gasteiger partial charge in [0.2, 0.25) is 5.91 Å². The smallest absolute Gasteiger partial charge is 0.236 e. The zero-order chi connectivity index (χ0) is 23.3. The summed E-state index contributed by atoms with van der Waals surface area (Å²) in [4.78, 5) is 17.5. The Balaban J connectivity index is 1.29. The number of anilines is 1. The fourth-order valence-corrected chi connectivity index (χ4v) is 5.10. The van der Waals surface area contributed by atoms with Gasteiger partial charge in [-0.3, -0.25) is 9.36 Å². The molecule has 0 aliphatic carbocycles.